The summed E-state index contributed by atoms with van der Waals surface area (Å²) < 4.78 is 31.1. The Morgan fingerprint density at radius 3 is 2.37 bits per heavy atom. The molecule has 1 aliphatic carbocycles. The summed E-state index contributed by atoms with van der Waals surface area (Å²) in [6.07, 6.45) is 7.02. The molecule has 2 nitrogen and oxygen atoms in total. The van der Waals surface area contributed by atoms with Crippen molar-refractivity contribution < 1.29 is 13.5 Å². The van der Waals surface area contributed by atoms with E-state index in [9.17, 15) is 8.78 Å². The first-order chi connectivity index (χ1) is 9.24. The molecule has 0 atom stereocenters. The van der Waals surface area contributed by atoms with Gasteiger partial charge in [-0.25, -0.2) is 8.78 Å². The Morgan fingerprint density at radius 1 is 1.00 bits per heavy atom. The van der Waals surface area contributed by atoms with Gasteiger partial charge in [0.2, 0.25) is 0 Å². The second kappa shape index (κ2) is 7.43. The lowest BCUT2D eigenvalue weighted by molar-refractivity contribution is 0.301. The summed E-state index contributed by atoms with van der Waals surface area (Å²) in [5, 5.41) is 3.47. The lowest BCUT2D eigenvalue weighted by atomic mass is 10.2. The van der Waals surface area contributed by atoms with E-state index in [-0.39, 0.29) is 5.75 Å². The fraction of sp³-hybridized carbons (Fsp3) is 0.600. The van der Waals surface area contributed by atoms with E-state index in [1.807, 2.05) is 0 Å². The van der Waals surface area contributed by atoms with Crippen molar-refractivity contribution >= 4 is 0 Å². The lowest BCUT2D eigenvalue weighted by Gasteiger charge is -2.06. The van der Waals surface area contributed by atoms with Crippen LogP contribution >= 0.6 is 0 Å². The fourth-order valence-corrected chi connectivity index (χ4v) is 1.98. The predicted octanol–water partition coefficient (Wildman–Crippen LogP) is 3.66. The first-order valence-corrected chi connectivity index (χ1v) is 7.06. The first-order valence-electron chi connectivity index (χ1n) is 7.06. The van der Waals surface area contributed by atoms with Gasteiger partial charge in [0.05, 0.1) is 6.61 Å². The van der Waals surface area contributed by atoms with Crippen LogP contribution in [0.3, 0.4) is 0 Å². The van der Waals surface area contributed by atoms with Crippen molar-refractivity contribution in [1.29, 1.82) is 0 Å². The molecule has 0 bridgehead atoms. The van der Waals surface area contributed by atoms with E-state index < -0.39 is 11.6 Å². The lowest BCUT2D eigenvalue weighted by Crippen LogP contribution is -2.17. The predicted molar refractivity (Wildman–Crippen MR) is 71.3 cm³/mol. The maximum atomic E-state index is 12.9. The molecule has 1 aromatic rings. The van der Waals surface area contributed by atoms with Crippen LogP contribution in [0.4, 0.5) is 8.78 Å². The maximum absolute atomic E-state index is 12.9. The summed E-state index contributed by atoms with van der Waals surface area (Å²) in [6.45, 7) is 1.61. The van der Waals surface area contributed by atoms with Gasteiger partial charge in [0, 0.05) is 24.2 Å². The summed E-state index contributed by atoms with van der Waals surface area (Å²) in [7, 11) is 0. The number of halogens is 2. The van der Waals surface area contributed by atoms with E-state index >= 15 is 0 Å². The van der Waals surface area contributed by atoms with Gasteiger partial charge in [-0.05, 0) is 32.2 Å². The van der Waals surface area contributed by atoms with Crippen LogP contribution in [0, 0.1) is 11.6 Å². The molecule has 0 spiro atoms. The van der Waals surface area contributed by atoms with Gasteiger partial charge in [-0.15, -0.1) is 0 Å². The van der Waals surface area contributed by atoms with Crippen molar-refractivity contribution in [1.82, 2.24) is 5.32 Å². The zero-order chi connectivity index (χ0) is 13.5. The van der Waals surface area contributed by atoms with Crippen molar-refractivity contribution in [2.45, 2.75) is 44.6 Å². The fourth-order valence-electron chi connectivity index (χ4n) is 1.98. The Hall–Kier alpha value is -1.16. The zero-order valence-corrected chi connectivity index (χ0v) is 11.1. The summed E-state index contributed by atoms with van der Waals surface area (Å²) in [5.74, 6) is -0.921. The first kappa shape index (κ1) is 14.3. The second-order valence-electron chi connectivity index (χ2n) is 5.10. The highest BCUT2D eigenvalue weighted by atomic mass is 19.1. The summed E-state index contributed by atoms with van der Waals surface area (Å²) >= 11 is 0. The Balaban J connectivity index is 1.48. The van der Waals surface area contributed by atoms with Crippen molar-refractivity contribution in [3.63, 3.8) is 0 Å². The van der Waals surface area contributed by atoms with Gasteiger partial charge in [0.25, 0.3) is 0 Å². The normalized spacial score (nSPS) is 14.6. The minimum absolute atomic E-state index is 0.271. The average molecular weight is 269 g/mol. The highest BCUT2D eigenvalue weighted by molar-refractivity contribution is 5.23. The second-order valence-corrected chi connectivity index (χ2v) is 5.10. The third-order valence-corrected chi connectivity index (χ3v) is 3.19. The van der Waals surface area contributed by atoms with Crippen LogP contribution in [0.25, 0.3) is 0 Å². The Labute approximate surface area is 113 Å². The van der Waals surface area contributed by atoms with Gasteiger partial charge in [-0.1, -0.05) is 12.8 Å². The number of hydrogen-bond acceptors (Lipinski definition) is 2. The zero-order valence-electron chi connectivity index (χ0n) is 11.1. The van der Waals surface area contributed by atoms with Gasteiger partial charge in [0.1, 0.15) is 17.4 Å². The highest BCUT2D eigenvalue weighted by Crippen LogP contribution is 2.18. The Bertz CT molecular complexity index is 373. The van der Waals surface area contributed by atoms with E-state index in [1.54, 1.807) is 0 Å². The third-order valence-electron chi connectivity index (χ3n) is 3.19. The molecule has 0 saturated heterocycles. The SMILES string of the molecule is Fc1cc(F)cc(OCCCCCCNC2CC2)c1. The standard InChI is InChI=1S/C15H21F2NO/c16-12-9-13(17)11-15(10-12)19-8-4-2-1-3-7-18-14-5-6-14/h9-11,14,18H,1-8H2. The van der Waals surface area contributed by atoms with E-state index in [2.05, 4.69) is 5.32 Å². The number of unbranched alkanes of at least 4 members (excludes halogenated alkanes) is 3. The molecular weight excluding hydrogens is 248 g/mol. The van der Waals surface area contributed by atoms with Crippen molar-refractivity contribution in [2.24, 2.45) is 0 Å². The maximum Gasteiger partial charge on any atom is 0.129 e. The molecule has 0 unspecified atom stereocenters. The molecule has 1 aliphatic rings. The molecule has 0 amide bonds. The van der Waals surface area contributed by atoms with Crippen LogP contribution in [0.1, 0.15) is 38.5 Å². The number of ether oxygens (including phenoxy) is 1. The molecule has 1 fully saturated rings. The minimum Gasteiger partial charge on any atom is -0.493 e. The van der Waals surface area contributed by atoms with Crippen molar-refractivity contribution in [3.8, 4) is 5.75 Å². The monoisotopic (exact) mass is 269 g/mol. The Morgan fingerprint density at radius 2 is 1.68 bits per heavy atom. The van der Waals surface area contributed by atoms with Crippen molar-refractivity contribution in [3.05, 3.63) is 29.8 Å². The van der Waals surface area contributed by atoms with Crippen LogP contribution in [-0.4, -0.2) is 19.2 Å². The molecular formula is C15H21F2NO. The summed E-state index contributed by atoms with van der Waals surface area (Å²) in [6, 6.07) is 4.05. The molecule has 0 aromatic heterocycles. The van der Waals surface area contributed by atoms with Crippen LogP contribution in [0.2, 0.25) is 0 Å². The summed E-state index contributed by atoms with van der Waals surface area (Å²) in [4.78, 5) is 0. The quantitative estimate of drug-likeness (QED) is 0.691. The number of benzene rings is 1. The van der Waals surface area contributed by atoms with E-state index in [1.165, 1.54) is 37.8 Å². The molecule has 1 N–H and O–H groups in total. The molecule has 0 radical (unpaired) electrons. The number of nitrogens with one attached hydrogen (secondary N) is 1. The van der Waals surface area contributed by atoms with E-state index in [0.29, 0.717) is 6.61 Å². The van der Waals surface area contributed by atoms with Crippen LogP contribution in [0.5, 0.6) is 5.75 Å². The number of hydrogen-bond donors (Lipinski definition) is 1. The van der Waals surface area contributed by atoms with Crippen LogP contribution in [0.15, 0.2) is 18.2 Å². The van der Waals surface area contributed by atoms with Gasteiger partial charge >= 0.3 is 0 Å². The smallest absolute Gasteiger partial charge is 0.129 e. The van der Waals surface area contributed by atoms with E-state index in [4.69, 9.17) is 4.74 Å². The molecule has 0 heterocycles. The topological polar surface area (TPSA) is 21.3 Å². The van der Waals surface area contributed by atoms with Crippen LogP contribution < -0.4 is 10.1 Å². The minimum atomic E-state index is -0.596. The number of rotatable bonds is 9. The van der Waals surface area contributed by atoms with Gasteiger partial charge in [-0.2, -0.15) is 0 Å². The molecule has 0 aliphatic heterocycles. The molecule has 1 saturated carbocycles. The van der Waals surface area contributed by atoms with Crippen molar-refractivity contribution in [2.75, 3.05) is 13.2 Å². The highest BCUT2D eigenvalue weighted by Gasteiger charge is 2.19. The molecule has 1 aromatic carbocycles. The third kappa shape index (κ3) is 6.01. The molecule has 2 rings (SSSR count). The summed E-state index contributed by atoms with van der Waals surface area (Å²) in [5.41, 5.74) is 0. The Kier molecular flexibility index (Phi) is 5.58. The van der Waals surface area contributed by atoms with E-state index in [0.717, 1.165) is 31.5 Å². The van der Waals surface area contributed by atoms with Crippen LogP contribution in [-0.2, 0) is 0 Å². The average Bonchev–Trinajstić information content (AvgIpc) is 3.15. The van der Waals surface area contributed by atoms with Gasteiger partial charge in [0.15, 0.2) is 0 Å². The molecule has 106 valence electrons. The molecule has 4 heteroatoms. The van der Waals surface area contributed by atoms with Gasteiger partial charge < -0.3 is 10.1 Å². The van der Waals surface area contributed by atoms with Gasteiger partial charge in [-0.3, -0.25) is 0 Å². The largest absolute Gasteiger partial charge is 0.493 e. The molecule has 19 heavy (non-hydrogen) atoms.